The van der Waals surface area contributed by atoms with E-state index < -0.39 is 0 Å². The maximum absolute atomic E-state index is 9.76. The van der Waals surface area contributed by atoms with Gasteiger partial charge in [-0.1, -0.05) is 19.1 Å². The van der Waals surface area contributed by atoms with Gasteiger partial charge in [-0.15, -0.1) is 0 Å². The normalized spacial score (nSPS) is 18.1. The number of rotatable bonds is 3. The Morgan fingerprint density at radius 1 is 1.43 bits per heavy atom. The lowest BCUT2D eigenvalue weighted by Crippen LogP contribution is -2.02. The van der Waals surface area contributed by atoms with E-state index in [-0.39, 0.29) is 12.5 Å². The number of benzene rings is 1. The molecule has 0 aromatic heterocycles. The molecule has 1 aliphatic carbocycles. The zero-order chi connectivity index (χ0) is 10.1. The lowest BCUT2D eigenvalue weighted by atomic mass is 9.93. The van der Waals surface area contributed by atoms with Crippen molar-refractivity contribution in [2.45, 2.75) is 31.6 Å². The van der Waals surface area contributed by atoms with Crippen molar-refractivity contribution < 1.29 is 10.2 Å². The van der Waals surface area contributed by atoms with Gasteiger partial charge in [0.2, 0.25) is 0 Å². The van der Waals surface area contributed by atoms with Crippen LogP contribution in [0.2, 0.25) is 0 Å². The first-order chi connectivity index (χ1) is 6.74. The molecule has 0 heterocycles. The summed E-state index contributed by atoms with van der Waals surface area (Å²) in [6.07, 6.45) is 2.34. The molecule has 2 nitrogen and oxygen atoms in total. The molecule has 1 unspecified atom stereocenters. The van der Waals surface area contributed by atoms with Crippen LogP contribution in [0.4, 0.5) is 0 Å². The zero-order valence-corrected chi connectivity index (χ0v) is 8.40. The van der Waals surface area contributed by atoms with Crippen LogP contribution in [0, 0.1) is 0 Å². The Bertz CT molecular complexity index is 329. The van der Waals surface area contributed by atoms with Gasteiger partial charge in [-0.05, 0) is 30.4 Å². The van der Waals surface area contributed by atoms with E-state index in [9.17, 15) is 5.11 Å². The number of aromatic hydroxyl groups is 1. The summed E-state index contributed by atoms with van der Waals surface area (Å²) in [7, 11) is 0. The Balaban J connectivity index is 2.41. The molecule has 0 amide bonds. The highest BCUT2D eigenvalue weighted by Crippen LogP contribution is 2.47. The minimum Gasteiger partial charge on any atom is -0.508 e. The van der Waals surface area contributed by atoms with E-state index in [1.165, 1.54) is 12.8 Å². The van der Waals surface area contributed by atoms with Gasteiger partial charge in [0.05, 0.1) is 0 Å². The topological polar surface area (TPSA) is 40.5 Å². The predicted molar refractivity (Wildman–Crippen MR) is 55.6 cm³/mol. The third-order valence-corrected chi connectivity index (χ3v) is 2.91. The monoisotopic (exact) mass is 192 g/mol. The molecule has 1 fully saturated rings. The Morgan fingerprint density at radius 2 is 2.14 bits per heavy atom. The van der Waals surface area contributed by atoms with Crippen molar-refractivity contribution in [2.75, 3.05) is 6.61 Å². The number of phenolic OH excluding ortho intramolecular Hbond substituents is 1. The molecule has 0 bridgehead atoms. The fraction of sp³-hybridized carbons (Fsp3) is 0.500. The van der Waals surface area contributed by atoms with Crippen LogP contribution in [0.15, 0.2) is 18.2 Å². The number of hydrogen-bond donors (Lipinski definition) is 2. The highest BCUT2D eigenvalue weighted by atomic mass is 16.3. The van der Waals surface area contributed by atoms with E-state index in [2.05, 4.69) is 0 Å². The van der Waals surface area contributed by atoms with Gasteiger partial charge in [-0.25, -0.2) is 0 Å². The number of hydrogen-bond acceptors (Lipinski definition) is 2. The summed E-state index contributed by atoms with van der Waals surface area (Å²) in [4.78, 5) is 0. The lowest BCUT2D eigenvalue weighted by Gasteiger charge is -2.15. The largest absolute Gasteiger partial charge is 0.508 e. The van der Waals surface area contributed by atoms with Gasteiger partial charge < -0.3 is 10.2 Å². The molecule has 0 spiro atoms. The molecule has 0 aliphatic heterocycles. The molecule has 1 aliphatic rings. The SMILES string of the molecule is CC(CO)c1cccc(O)c1C1CC1. The minimum atomic E-state index is 0.123. The Labute approximate surface area is 84.2 Å². The van der Waals surface area contributed by atoms with Gasteiger partial charge in [0.1, 0.15) is 5.75 Å². The van der Waals surface area contributed by atoms with Gasteiger partial charge in [0, 0.05) is 18.1 Å². The first-order valence-corrected chi connectivity index (χ1v) is 5.16. The smallest absolute Gasteiger partial charge is 0.119 e. The predicted octanol–water partition coefficient (Wildman–Crippen LogP) is 2.37. The first kappa shape index (κ1) is 9.53. The molecular formula is C12H16O2. The van der Waals surface area contributed by atoms with E-state index in [0.29, 0.717) is 11.7 Å². The summed E-state index contributed by atoms with van der Waals surface area (Å²) < 4.78 is 0. The van der Waals surface area contributed by atoms with Gasteiger partial charge in [0.25, 0.3) is 0 Å². The van der Waals surface area contributed by atoms with Crippen LogP contribution >= 0.6 is 0 Å². The van der Waals surface area contributed by atoms with Crippen molar-refractivity contribution in [3.8, 4) is 5.75 Å². The quantitative estimate of drug-likeness (QED) is 0.771. The molecule has 0 radical (unpaired) electrons. The summed E-state index contributed by atoms with van der Waals surface area (Å²) in [5.41, 5.74) is 2.17. The van der Waals surface area contributed by atoms with Crippen LogP contribution in [0.5, 0.6) is 5.75 Å². The van der Waals surface area contributed by atoms with Crippen molar-refractivity contribution in [3.05, 3.63) is 29.3 Å². The highest BCUT2D eigenvalue weighted by molar-refractivity contribution is 5.45. The van der Waals surface area contributed by atoms with Crippen molar-refractivity contribution in [1.29, 1.82) is 0 Å². The third-order valence-electron chi connectivity index (χ3n) is 2.91. The lowest BCUT2D eigenvalue weighted by molar-refractivity contribution is 0.272. The van der Waals surface area contributed by atoms with Crippen LogP contribution in [-0.4, -0.2) is 16.8 Å². The minimum absolute atomic E-state index is 0.123. The van der Waals surface area contributed by atoms with E-state index in [1.807, 2.05) is 19.1 Å². The van der Waals surface area contributed by atoms with Crippen molar-refractivity contribution in [3.63, 3.8) is 0 Å². The molecule has 2 rings (SSSR count). The van der Waals surface area contributed by atoms with Gasteiger partial charge in [-0.2, -0.15) is 0 Å². The van der Waals surface area contributed by atoms with Crippen LogP contribution in [0.3, 0.4) is 0 Å². The number of aliphatic hydroxyl groups excluding tert-OH is 1. The molecule has 2 N–H and O–H groups in total. The summed E-state index contributed by atoms with van der Waals surface area (Å²) in [6, 6.07) is 5.60. The van der Waals surface area contributed by atoms with Gasteiger partial charge in [-0.3, -0.25) is 0 Å². The molecule has 14 heavy (non-hydrogen) atoms. The van der Waals surface area contributed by atoms with Crippen LogP contribution in [-0.2, 0) is 0 Å². The second-order valence-corrected chi connectivity index (χ2v) is 4.14. The van der Waals surface area contributed by atoms with Gasteiger partial charge in [0.15, 0.2) is 0 Å². The Morgan fingerprint density at radius 3 is 2.71 bits per heavy atom. The molecule has 1 aromatic rings. The standard InChI is InChI=1S/C12H16O2/c1-8(7-13)10-3-2-4-11(14)12(10)9-5-6-9/h2-4,8-9,13-14H,5-7H2,1H3. The van der Waals surface area contributed by atoms with E-state index in [1.54, 1.807) is 6.07 Å². The average Bonchev–Trinajstić information content (AvgIpc) is 3.00. The van der Waals surface area contributed by atoms with Crippen molar-refractivity contribution >= 4 is 0 Å². The zero-order valence-electron chi connectivity index (χ0n) is 8.40. The summed E-state index contributed by atoms with van der Waals surface area (Å²) >= 11 is 0. The fourth-order valence-corrected chi connectivity index (χ4v) is 1.92. The van der Waals surface area contributed by atoms with Crippen LogP contribution < -0.4 is 0 Å². The maximum Gasteiger partial charge on any atom is 0.119 e. The number of aliphatic hydroxyl groups is 1. The summed E-state index contributed by atoms with van der Waals surface area (Å²) in [5.74, 6) is 1.04. The highest BCUT2D eigenvalue weighted by Gasteiger charge is 2.29. The average molecular weight is 192 g/mol. The second-order valence-electron chi connectivity index (χ2n) is 4.14. The van der Waals surface area contributed by atoms with E-state index in [4.69, 9.17) is 5.11 Å². The molecule has 76 valence electrons. The molecule has 2 heteroatoms. The molecule has 1 saturated carbocycles. The number of phenols is 1. The van der Waals surface area contributed by atoms with E-state index in [0.717, 1.165) is 11.1 Å². The maximum atomic E-state index is 9.76. The Kier molecular flexibility index (Phi) is 2.46. The van der Waals surface area contributed by atoms with Crippen LogP contribution in [0.25, 0.3) is 0 Å². The fourth-order valence-electron chi connectivity index (χ4n) is 1.92. The first-order valence-electron chi connectivity index (χ1n) is 5.16. The van der Waals surface area contributed by atoms with Crippen molar-refractivity contribution in [2.24, 2.45) is 0 Å². The second kappa shape index (κ2) is 3.62. The van der Waals surface area contributed by atoms with Crippen molar-refractivity contribution in [1.82, 2.24) is 0 Å². The van der Waals surface area contributed by atoms with Crippen LogP contribution in [0.1, 0.15) is 42.7 Å². The Hall–Kier alpha value is -1.02. The molecular weight excluding hydrogens is 176 g/mol. The molecule has 0 saturated heterocycles. The molecule has 1 atom stereocenters. The van der Waals surface area contributed by atoms with E-state index >= 15 is 0 Å². The summed E-state index contributed by atoms with van der Waals surface area (Å²) in [6.45, 7) is 2.13. The summed E-state index contributed by atoms with van der Waals surface area (Å²) in [5, 5.41) is 18.9. The van der Waals surface area contributed by atoms with Gasteiger partial charge >= 0.3 is 0 Å². The third kappa shape index (κ3) is 1.62. The molecule has 1 aromatic carbocycles.